The average molecular weight is 383 g/mol. The van der Waals surface area contributed by atoms with E-state index >= 15 is 0 Å². The quantitative estimate of drug-likeness (QED) is 0.791. The molecule has 1 aliphatic heterocycles. The number of hydrogen-bond acceptors (Lipinski definition) is 4. The van der Waals surface area contributed by atoms with Gasteiger partial charge >= 0.3 is 0 Å². The van der Waals surface area contributed by atoms with Gasteiger partial charge in [-0.25, -0.2) is 13.4 Å². The van der Waals surface area contributed by atoms with E-state index in [-0.39, 0.29) is 16.9 Å². The van der Waals surface area contributed by atoms with Gasteiger partial charge in [0.05, 0.1) is 6.33 Å². The van der Waals surface area contributed by atoms with E-state index in [0.29, 0.717) is 38.5 Å². The van der Waals surface area contributed by atoms with Gasteiger partial charge in [0.1, 0.15) is 0 Å². The van der Waals surface area contributed by atoms with E-state index in [9.17, 15) is 13.2 Å². The van der Waals surface area contributed by atoms with Crippen LogP contribution in [0.4, 0.5) is 0 Å². The molecule has 3 rings (SSSR count). The lowest BCUT2D eigenvalue weighted by molar-refractivity contribution is -0.126. The summed E-state index contributed by atoms with van der Waals surface area (Å²) in [6, 6.07) is 0.296. The molecule has 1 saturated heterocycles. The van der Waals surface area contributed by atoms with Crippen LogP contribution in [0.3, 0.4) is 0 Å². The van der Waals surface area contributed by atoms with Crippen LogP contribution in [0.15, 0.2) is 17.6 Å². The van der Waals surface area contributed by atoms with E-state index < -0.39 is 10.0 Å². The molecule has 2 fully saturated rings. The number of rotatable bonds is 5. The minimum Gasteiger partial charge on any atom is -0.353 e. The van der Waals surface area contributed by atoms with Crippen molar-refractivity contribution in [3.63, 3.8) is 0 Å². The summed E-state index contributed by atoms with van der Waals surface area (Å²) in [5.74, 6) is 0.0158. The van der Waals surface area contributed by atoms with Gasteiger partial charge in [0.15, 0.2) is 5.03 Å². The molecule has 1 aromatic rings. The summed E-state index contributed by atoms with van der Waals surface area (Å²) in [5, 5.41) is 3.30. The first-order valence-corrected chi connectivity index (χ1v) is 11.3. The van der Waals surface area contributed by atoms with Crippen molar-refractivity contribution in [1.29, 1.82) is 0 Å². The number of imidazole rings is 1. The van der Waals surface area contributed by atoms with E-state index in [1.165, 1.54) is 30.0 Å². The van der Waals surface area contributed by atoms with Gasteiger partial charge in [0, 0.05) is 37.8 Å². The number of sulfonamides is 1. The molecule has 7 nitrogen and oxygen atoms in total. The Morgan fingerprint density at radius 2 is 1.81 bits per heavy atom. The van der Waals surface area contributed by atoms with Gasteiger partial charge in [-0.05, 0) is 32.6 Å². The van der Waals surface area contributed by atoms with Crippen molar-refractivity contribution in [2.75, 3.05) is 13.1 Å². The zero-order valence-corrected chi connectivity index (χ0v) is 16.4. The van der Waals surface area contributed by atoms with Crippen LogP contribution in [-0.2, 0) is 21.4 Å². The largest absolute Gasteiger partial charge is 0.353 e. The molecule has 0 spiro atoms. The third kappa shape index (κ3) is 4.46. The summed E-state index contributed by atoms with van der Waals surface area (Å²) in [5.41, 5.74) is 0. The standard InChI is InChI=1S/C18H30N4O3S/c1-2-21-13-17(19-14-21)26(24,25)22-11-9-15(10-12-22)18(23)20-16-7-5-3-4-6-8-16/h13-16H,2-12H2,1H3,(H,20,23). The Labute approximate surface area is 156 Å². The van der Waals surface area contributed by atoms with Gasteiger partial charge in [-0.3, -0.25) is 4.79 Å². The maximum atomic E-state index is 12.7. The summed E-state index contributed by atoms with van der Waals surface area (Å²) >= 11 is 0. The molecule has 0 aromatic carbocycles. The number of nitrogens with zero attached hydrogens (tertiary/aromatic N) is 3. The summed E-state index contributed by atoms with van der Waals surface area (Å²) in [7, 11) is -3.56. The topological polar surface area (TPSA) is 84.3 Å². The molecule has 26 heavy (non-hydrogen) atoms. The highest BCUT2D eigenvalue weighted by Crippen LogP contribution is 2.24. The van der Waals surface area contributed by atoms with E-state index in [1.807, 2.05) is 6.92 Å². The van der Waals surface area contributed by atoms with Crippen molar-refractivity contribution in [3.8, 4) is 0 Å². The summed E-state index contributed by atoms with van der Waals surface area (Å²) < 4.78 is 28.6. The second kappa shape index (κ2) is 8.52. The smallest absolute Gasteiger partial charge is 0.262 e. The van der Waals surface area contributed by atoms with Crippen LogP contribution >= 0.6 is 0 Å². The molecule has 0 unspecified atom stereocenters. The lowest BCUT2D eigenvalue weighted by Crippen LogP contribution is -2.45. The van der Waals surface area contributed by atoms with Crippen molar-refractivity contribution in [1.82, 2.24) is 19.2 Å². The van der Waals surface area contributed by atoms with Crippen LogP contribution in [0, 0.1) is 5.92 Å². The zero-order chi connectivity index (χ0) is 18.6. The highest BCUT2D eigenvalue weighted by molar-refractivity contribution is 7.89. The number of nitrogens with one attached hydrogen (secondary N) is 1. The number of aryl methyl sites for hydroxylation is 1. The fourth-order valence-corrected chi connectivity index (χ4v) is 5.28. The van der Waals surface area contributed by atoms with Crippen LogP contribution in [0.1, 0.15) is 58.3 Å². The fraction of sp³-hybridized carbons (Fsp3) is 0.778. The average Bonchev–Trinajstić information content (AvgIpc) is 3.01. The molecule has 1 N–H and O–H groups in total. The molecule has 1 amide bonds. The van der Waals surface area contributed by atoms with Gasteiger partial charge in [-0.2, -0.15) is 4.31 Å². The highest BCUT2D eigenvalue weighted by Gasteiger charge is 2.33. The number of aromatic nitrogens is 2. The molecule has 2 aliphatic rings. The Kier molecular flexibility index (Phi) is 6.34. The fourth-order valence-electron chi connectivity index (χ4n) is 3.88. The normalized spacial score (nSPS) is 21.4. The summed E-state index contributed by atoms with van der Waals surface area (Å²) in [4.78, 5) is 16.6. The van der Waals surface area contributed by atoms with Crippen molar-refractivity contribution in [2.45, 2.75) is 75.9 Å². The Morgan fingerprint density at radius 3 is 2.38 bits per heavy atom. The van der Waals surface area contributed by atoms with E-state index in [1.54, 1.807) is 17.1 Å². The molecule has 8 heteroatoms. The number of carbonyl (C=O) groups is 1. The molecule has 0 atom stereocenters. The SMILES string of the molecule is CCn1cnc(S(=O)(=O)N2CCC(C(=O)NC3CCCCCC3)CC2)c1. The lowest BCUT2D eigenvalue weighted by atomic mass is 9.96. The maximum Gasteiger partial charge on any atom is 0.262 e. The number of carbonyl (C=O) groups excluding carboxylic acids is 1. The summed E-state index contributed by atoms with van der Waals surface area (Å²) in [6.07, 6.45) is 11.3. The molecule has 1 saturated carbocycles. The van der Waals surface area contributed by atoms with Gasteiger partial charge in [0.2, 0.25) is 5.91 Å². The third-order valence-corrected chi connectivity index (χ3v) is 7.39. The van der Waals surface area contributed by atoms with Crippen LogP contribution in [-0.4, -0.2) is 47.3 Å². The number of amides is 1. The monoisotopic (exact) mass is 382 g/mol. The number of piperidine rings is 1. The van der Waals surface area contributed by atoms with Crippen molar-refractivity contribution >= 4 is 15.9 Å². The molecule has 146 valence electrons. The minimum atomic E-state index is -3.56. The van der Waals surface area contributed by atoms with E-state index in [4.69, 9.17) is 0 Å². The Hall–Kier alpha value is -1.41. The predicted molar refractivity (Wildman–Crippen MR) is 99.0 cm³/mol. The maximum absolute atomic E-state index is 12.7. The van der Waals surface area contributed by atoms with Crippen LogP contribution < -0.4 is 5.32 Å². The summed E-state index contributed by atoms with van der Waals surface area (Å²) in [6.45, 7) is 3.39. The van der Waals surface area contributed by atoms with Gasteiger partial charge in [-0.1, -0.05) is 25.7 Å². The van der Waals surface area contributed by atoms with E-state index in [0.717, 1.165) is 12.8 Å². The molecule has 2 heterocycles. The zero-order valence-electron chi connectivity index (χ0n) is 15.6. The van der Waals surface area contributed by atoms with Crippen molar-refractivity contribution in [3.05, 3.63) is 12.5 Å². The first-order chi connectivity index (χ1) is 12.5. The minimum absolute atomic E-state index is 0.0853. The van der Waals surface area contributed by atoms with Crippen LogP contribution in [0.2, 0.25) is 0 Å². The van der Waals surface area contributed by atoms with Crippen molar-refractivity contribution in [2.24, 2.45) is 5.92 Å². The van der Waals surface area contributed by atoms with Crippen molar-refractivity contribution < 1.29 is 13.2 Å². The molecule has 0 radical (unpaired) electrons. The van der Waals surface area contributed by atoms with Gasteiger partial charge < -0.3 is 9.88 Å². The molecular weight excluding hydrogens is 352 g/mol. The molecule has 1 aromatic heterocycles. The van der Waals surface area contributed by atoms with Gasteiger partial charge in [0.25, 0.3) is 10.0 Å². The van der Waals surface area contributed by atoms with E-state index in [2.05, 4.69) is 10.3 Å². The van der Waals surface area contributed by atoms with Crippen LogP contribution in [0.5, 0.6) is 0 Å². The first kappa shape index (κ1) is 19.4. The second-order valence-electron chi connectivity index (χ2n) is 7.42. The highest BCUT2D eigenvalue weighted by atomic mass is 32.2. The predicted octanol–water partition coefficient (Wildman–Crippen LogP) is 2.14. The first-order valence-electron chi connectivity index (χ1n) is 9.83. The Balaban J connectivity index is 1.53. The third-order valence-electron chi connectivity index (χ3n) is 5.61. The Morgan fingerprint density at radius 1 is 1.15 bits per heavy atom. The van der Waals surface area contributed by atoms with Crippen LogP contribution in [0.25, 0.3) is 0 Å². The van der Waals surface area contributed by atoms with Gasteiger partial charge in [-0.15, -0.1) is 0 Å². The molecule has 0 bridgehead atoms. The lowest BCUT2D eigenvalue weighted by Gasteiger charge is -2.31. The molecule has 1 aliphatic carbocycles. The second-order valence-corrected chi connectivity index (χ2v) is 9.30. The number of hydrogen-bond donors (Lipinski definition) is 1. The Bertz CT molecular complexity index is 700. The molecular formula is C18H30N4O3S.